The monoisotopic (exact) mass is 443 g/mol. The van der Waals surface area contributed by atoms with Gasteiger partial charge in [-0.15, -0.1) is 0 Å². The summed E-state index contributed by atoms with van der Waals surface area (Å²) in [6.07, 6.45) is 1.21. The Bertz CT molecular complexity index is 886. The minimum absolute atomic E-state index is 0.00879. The van der Waals surface area contributed by atoms with Crippen molar-refractivity contribution in [1.29, 1.82) is 0 Å². The van der Waals surface area contributed by atoms with Crippen LogP contribution < -0.4 is 5.32 Å². The van der Waals surface area contributed by atoms with Gasteiger partial charge in [-0.2, -0.15) is 0 Å². The number of amides is 2. The van der Waals surface area contributed by atoms with E-state index in [9.17, 15) is 23.1 Å². The number of hydrogen-bond acceptors (Lipinski definition) is 5. The lowest BCUT2D eigenvalue weighted by Gasteiger charge is -2.38. The highest BCUT2D eigenvalue weighted by atomic mass is 35.5. The van der Waals surface area contributed by atoms with Gasteiger partial charge in [0.25, 0.3) is 10.0 Å². The molecule has 2 aliphatic rings. The Hall–Kier alpha value is -1.84. The first kappa shape index (κ1) is 21.9. The molecule has 1 aromatic carbocycles. The third-order valence-electron chi connectivity index (χ3n) is 5.62. The van der Waals surface area contributed by atoms with Gasteiger partial charge < -0.3 is 15.3 Å². The Morgan fingerprint density at radius 3 is 2.69 bits per heavy atom. The van der Waals surface area contributed by atoms with E-state index in [0.29, 0.717) is 42.9 Å². The van der Waals surface area contributed by atoms with Crippen LogP contribution >= 0.6 is 11.6 Å². The van der Waals surface area contributed by atoms with Crippen LogP contribution in [0.5, 0.6) is 0 Å². The van der Waals surface area contributed by atoms with Crippen LogP contribution in [0.3, 0.4) is 0 Å². The molecular formula is C19H26ClN3O5S. The fourth-order valence-electron chi connectivity index (χ4n) is 4.03. The first-order chi connectivity index (χ1) is 13.7. The molecule has 2 heterocycles. The standard InChI is InChI=1S/C19H26ClN3O5S/c1-13-16(20)7-2-8-17(13)29(27,28)23(15-6-3-9-21-11-15)18(24)14-5-4-10-22(12-14)19(25)26/h2,7-8,14-15,21H,3-6,9-12H2,1H3,(H,25,26)/t14-,15?/m0/s1. The summed E-state index contributed by atoms with van der Waals surface area (Å²) in [5.74, 6) is -1.22. The summed E-state index contributed by atoms with van der Waals surface area (Å²) < 4.78 is 28.2. The molecule has 8 nitrogen and oxygen atoms in total. The topological polar surface area (TPSA) is 107 Å². The van der Waals surface area contributed by atoms with Gasteiger partial charge >= 0.3 is 6.09 Å². The smallest absolute Gasteiger partial charge is 0.407 e. The molecular weight excluding hydrogens is 418 g/mol. The number of benzene rings is 1. The molecule has 2 saturated heterocycles. The molecule has 0 bridgehead atoms. The van der Waals surface area contributed by atoms with Crippen molar-refractivity contribution in [2.45, 2.75) is 43.5 Å². The first-order valence-corrected chi connectivity index (χ1v) is 11.6. The maximum atomic E-state index is 13.6. The molecule has 0 aromatic heterocycles. The maximum absolute atomic E-state index is 13.6. The number of carbonyl (C=O) groups excluding carboxylic acids is 1. The van der Waals surface area contributed by atoms with Crippen molar-refractivity contribution < 1.29 is 23.1 Å². The zero-order valence-electron chi connectivity index (χ0n) is 16.3. The minimum atomic E-state index is -4.15. The lowest BCUT2D eigenvalue weighted by Crippen LogP contribution is -2.55. The van der Waals surface area contributed by atoms with Gasteiger partial charge in [0.15, 0.2) is 0 Å². The Labute approximate surface area is 175 Å². The van der Waals surface area contributed by atoms with Crippen LogP contribution in [0.4, 0.5) is 4.79 Å². The molecule has 0 spiro atoms. The normalized spacial score (nSPS) is 22.9. The molecule has 160 valence electrons. The molecule has 0 saturated carbocycles. The summed E-state index contributed by atoms with van der Waals surface area (Å²) >= 11 is 6.14. The molecule has 3 rings (SSSR count). The highest BCUT2D eigenvalue weighted by Gasteiger charge is 2.41. The number of carboxylic acid groups (broad SMARTS) is 1. The van der Waals surface area contributed by atoms with Crippen LogP contribution in [0.25, 0.3) is 0 Å². The van der Waals surface area contributed by atoms with Gasteiger partial charge in [0.05, 0.1) is 16.9 Å². The summed E-state index contributed by atoms with van der Waals surface area (Å²) in [5.41, 5.74) is 0.395. The van der Waals surface area contributed by atoms with Crippen molar-refractivity contribution in [3.63, 3.8) is 0 Å². The Balaban J connectivity index is 1.99. The molecule has 2 N–H and O–H groups in total. The zero-order chi connectivity index (χ0) is 21.2. The summed E-state index contributed by atoms with van der Waals surface area (Å²) in [6.45, 7) is 3.12. The van der Waals surface area contributed by atoms with Crippen molar-refractivity contribution in [2.75, 3.05) is 26.2 Å². The van der Waals surface area contributed by atoms with Crippen molar-refractivity contribution >= 4 is 33.6 Å². The molecule has 0 aliphatic carbocycles. The molecule has 2 aliphatic heterocycles. The highest BCUT2D eigenvalue weighted by molar-refractivity contribution is 7.89. The number of piperidine rings is 2. The first-order valence-electron chi connectivity index (χ1n) is 9.75. The van der Waals surface area contributed by atoms with Crippen LogP contribution in [-0.4, -0.2) is 67.0 Å². The molecule has 29 heavy (non-hydrogen) atoms. The van der Waals surface area contributed by atoms with Crippen molar-refractivity contribution in [2.24, 2.45) is 5.92 Å². The number of halogens is 1. The van der Waals surface area contributed by atoms with Crippen LogP contribution in [0, 0.1) is 12.8 Å². The number of nitrogens with zero attached hydrogens (tertiary/aromatic N) is 2. The van der Waals surface area contributed by atoms with Gasteiger partial charge in [0.2, 0.25) is 5.91 Å². The average molecular weight is 444 g/mol. The van der Waals surface area contributed by atoms with Crippen LogP contribution in [0.2, 0.25) is 5.02 Å². The van der Waals surface area contributed by atoms with E-state index in [0.717, 1.165) is 17.3 Å². The summed E-state index contributed by atoms with van der Waals surface area (Å²) in [4.78, 5) is 26.0. The van der Waals surface area contributed by atoms with E-state index in [4.69, 9.17) is 11.6 Å². The van der Waals surface area contributed by atoms with Gasteiger partial charge in [0, 0.05) is 24.7 Å². The van der Waals surface area contributed by atoms with Gasteiger partial charge in [-0.25, -0.2) is 17.5 Å². The van der Waals surface area contributed by atoms with Gasteiger partial charge in [-0.05, 0) is 56.8 Å². The Kier molecular flexibility index (Phi) is 6.70. The predicted molar refractivity (Wildman–Crippen MR) is 108 cm³/mol. The summed E-state index contributed by atoms with van der Waals surface area (Å²) in [5, 5.41) is 12.8. The van der Waals surface area contributed by atoms with Crippen molar-refractivity contribution in [3.8, 4) is 0 Å². The predicted octanol–water partition coefficient (Wildman–Crippen LogP) is 2.31. The molecule has 1 unspecified atom stereocenters. The fraction of sp³-hybridized carbons (Fsp3) is 0.579. The third kappa shape index (κ3) is 4.51. The largest absolute Gasteiger partial charge is 0.465 e. The second-order valence-corrected chi connectivity index (χ2v) is 9.76. The average Bonchev–Trinajstić information content (AvgIpc) is 2.70. The lowest BCUT2D eigenvalue weighted by molar-refractivity contribution is -0.133. The molecule has 2 fully saturated rings. The number of rotatable bonds is 4. The van der Waals surface area contributed by atoms with Crippen LogP contribution in [0.1, 0.15) is 31.2 Å². The number of sulfonamides is 1. The fourth-order valence-corrected chi connectivity index (χ4v) is 6.18. The van der Waals surface area contributed by atoms with Crippen molar-refractivity contribution in [1.82, 2.24) is 14.5 Å². The van der Waals surface area contributed by atoms with E-state index in [1.165, 1.54) is 11.0 Å². The summed E-state index contributed by atoms with van der Waals surface area (Å²) in [6, 6.07) is 4.10. The zero-order valence-corrected chi connectivity index (χ0v) is 17.9. The lowest BCUT2D eigenvalue weighted by atomic mass is 9.96. The maximum Gasteiger partial charge on any atom is 0.407 e. The molecule has 2 amide bonds. The number of carbonyl (C=O) groups is 2. The second-order valence-electron chi connectivity index (χ2n) is 7.57. The van der Waals surface area contributed by atoms with Crippen molar-refractivity contribution in [3.05, 3.63) is 28.8 Å². The van der Waals surface area contributed by atoms with Gasteiger partial charge in [-0.1, -0.05) is 17.7 Å². The second kappa shape index (κ2) is 8.89. The van der Waals surface area contributed by atoms with Crippen LogP contribution in [-0.2, 0) is 14.8 Å². The molecule has 2 atom stereocenters. The van der Waals surface area contributed by atoms with E-state index in [1.54, 1.807) is 19.1 Å². The Morgan fingerprint density at radius 1 is 1.28 bits per heavy atom. The van der Waals surface area contributed by atoms with E-state index in [-0.39, 0.29) is 11.4 Å². The van der Waals surface area contributed by atoms with Gasteiger partial charge in [-0.3, -0.25) is 4.79 Å². The summed E-state index contributed by atoms with van der Waals surface area (Å²) in [7, 11) is -4.15. The minimum Gasteiger partial charge on any atom is -0.465 e. The number of likely N-dealkylation sites (tertiary alicyclic amines) is 1. The Morgan fingerprint density at radius 2 is 2.03 bits per heavy atom. The van der Waals surface area contributed by atoms with Crippen LogP contribution in [0.15, 0.2) is 23.1 Å². The molecule has 1 aromatic rings. The number of nitrogens with one attached hydrogen (secondary N) is 1. The number of hydrogen-bond donors (Lipinski definition) is 2. The van der Waals surface area contributed by atoms with E-state index >= 15 is 0 Å². The molecule has 10 heteroatoms. The van der Waals surface area contributed by atoms with E-state index < -0.39 is 34.0 Å². The highest BCUT2D eigenvalue weighted by Crippen LogP contribution is 2.31. The third-order valence-corrected chi connectivity index (χ3v) is 8.02. The van der Waals surface area contributed by atoms with Gasteiger partial charge in [0.1, 0.15) is 0 Å². The quantitative estimate of drug-likeness (QED) is 0.739. The van der Waals surface area contributed by atoms with E-state index in [2.05, 4.69) is 5.32 Å². The molecule has 0 radical (unpaired) electrons. The van der Waals surface area contributed by atoms with E-state index in [1.807, 2.05) is 0 Å². The SMILES string of the molecule is Cc1c(Cl)cccc1S(=O)(=O)N(C(=O)[C@H]1CCCN(C(=O)O)C1)C1CCCNC1.